The van der Waals surface area contributed by atoms with Crippen LogP contribution < -0.4 is 10.1 Å². The van der Waals surface area contributed by atoms with Gasteiger partial charge in [0.2, 0.25) is 5.91 Å². The van der Waals surface area contributed by atoms with Crippen LogP contribution in [0.2, 0.25) is 0 Å². The second-order valence-electron chi connectivity index (χ2n) is 4.18. The Morgan fingerprint density at radius 1 is 1.32 bits per heavy atom. The Morgan fingerprint density at radius 3 is 2.63 bits per heavy atom. The Balaban J connectivity index is 2.32. The summed E-state index contributed by atoms with van der Waals surface area (Å²) in [5.41, 5.74) is 1.02. The van der Waals surface area contributed by atoms with Gasteiger partial charge in [0.1, 0.15) is 11.8 Å². The minimum atomic E-state index is -0.643. The smallest absolute Gasteiger partial charge is 0.328 e. The molecule has 0 spiro atoms. The maximum Gasteiger partial charge on any atom is 0.328 e. The van der Waals surface area contributed by atoms with Crippen molar-refractivity contribution in [3.8, 4) is 5.75 Å². The molecule has 0 saturated heterocycles. The fraction of sp³-hybridized carbons (Fsp3) is 0.429. The number of aryl methyl sites for hydroxylation is 1. The Labute approximate surface area is 112 Å². The van der Waals surface area contributed by atoms with E-state index in [1.807, 2.05) is 31.2 Å². The lowest BCUT2D eigenvalue weighted by Gasteiger charge is -2.12. The van der Waals surface area contributed by atoms with E-state index in [0.29, 0.717) is 0 Å². The Morgan fingerprint density at radius 2 is 2.00 bits per heavy atom. The van der Waals surface area contributed by atoms with Gasteiger partial charge in [0, 0.05) is 0 Å². The number of carbonyl (C=O) groups excluding carboxylic acids is 2. The number of rotatable bonds is 6. The molecule has 0 aliphatic carbocycles. The zero-order valence-electron chi connectivity index (χ0n) is 11.4. The fourth-order valence-electron chi connectivity index (χ4n) is 1.52. The monoisotopic (exact) mass is 265 g/mol. The van der Waals surface area contributed by atoms with E-state index in [9.17, 15) is 9.59 Å². The minimum Gasteiger partial charge on any atom is -0.493 e. The number of hydrogen-bond acceptors (Lipinski definition) is 4. The summed E-state index contributed by atoms with van der Waals surface area (Å²) in [7, 11) is 1.28. The van der Waals surface area contributed by atoms with Gasteiger partial charge in [-0.15, -0.1) is 0 Å². The first-order chi connectivity index (χ1) is 9.04. The number of methoxy groups -OCH3 is 1. The fourth-order valence-corrected chi connectivity index (χ4v) is 1.52. The average molecular weight is 265 g/mol. The summed E-state index contributed by atoms with van der Waals surface area (Å²) in [5.74, 6) is 0.0518. The van der Waals surface area contributed by atoms with E-state index in [1.165, 1.54) is 7.11 Å². The standard InChI is InChI=1S/C14H19NO4/c1-10-6-4-5-7-12(10)19-9-8-13(16)15-11(2)14(17)18-3/h4-7,11H,8-9H2,1-3H3,(H,15,16). The van der Waals surface area contributed by atoms with E-state index in [2.05, 4.69) is 10.1 Å². The van der Waals surface area contributed by atoms with Crippen LogP contribution in [0, 0.1) is 6.92 Å². The molecule has 1 aromatic carbocycles. The van der Waals surface area contributed by atoms with Crippen LogP contribution in [0.1, 0.15) is 18.9 Å². The Bertz CT molecular complexity index is 445. The van der Waals surface area contributed by atoms with Crippen LogP contribution in [0.4, 0.5) is 0 Å². The zero-order valence-corrected chi connectivity index (χ0v) is 11.4. The molecule has 0 saturated carbocycles. The summed E-state index contributed by atoms with van der Waals surface area (Å²) >= 11 is 0. The molecule has 0 radical (unpaired) electrons. The van der Waals surface area contributed by atoms with Gasteiger partial charge in [0.25, 0.3) is 0 Å². The van der Waals surface area contributed by atoms with Crippen LogP contribution in [-0.4, -0.2) is 31.6 Å². The molecule has 0 bridgehead atoms. The zero-order chi connectivity index (χ0) is 14.3. The third kappa shape index (κ3) is 4.99. The van der Waals surface area contributed by atoms with Crippen molar-refractivity contribution in [1.82, 2.24) is 5.32 Å². The molecule has 0 aromatic heterocycles. The Hall–Kier alpha value is -2.04. The van der Waals surface area contributed by atoms with Gasteiger partial charge in [-0.25, -0.2) is 4.79 Å². The molecule has 1 rings (SSSR count). The SMILES string of the molecule is COC(=O)C(C)NC(=O)CCOc1ccccc1C. The van der Waals surface area contributed by atoms with Crippen molar-refractivity contribution in [3.63, 3.8) is 0 Å². The predicted molar refractivity (Wildman–Crippen MR) is 70.9 cm³/mol. The van der Waals surface area contributed by atoms with Crippen molar-refractivity contribution in [2.24, 2.45) is 0 Å². The summed E-state index contributed by atoms with van der Waals surface area (Å²) in [6, 6.07) is 6.95. The summed E-state index contributed by atoms with van der Waals surface area (Å²) in [6.45, 7) is 3.78. The molecular formula is C14H19NO4. The lowest BCUT2D eigenvalue weighted by molar-refractivity contribution is -0.144. The molecule has 5 heteroatoms. The number of para-hydroxylation sites is 1. The number of nitrogens with one attached hydrogen (secondary N) is 1. The molecule has 1 N–H and O–H groups in total. The largest absolute Gasteiger partial charge is 0.493 e. The van der Waals surface area contributed by atoms with Gasteiger partial charge >= 0.3 is 5.97 Å². The molecule has 0 heterocycles. The third-order valence-electron chi connectivity index (χ3n) is 2.61. The van der Waals surface area contributed by atoms with Gasteiger partial charge in [0.15, 0.2) is 0 Å². The van der Waals surface area contributed by atoms with Crippen LogP contribution >= 0.6 is 0 Å². The van der Waals surface area contributed by atoms with Gasteiger partial charge in [-0.05, 0) is 25.5 Å². The van der Waals surface area contributed by atoms with E-state index < -0.39 is 12.0 Å². The van der Waals surface area contributed by atoms with Crippen LogP contribution in [0.25, 0.3) is 0 Å². The van der Waals surface area contributed by atoms with E-state index in [4.69, 9.17) is 4.74 Å². The summed E-state index contributed by atoms with van der Waals surface area (Å²) in [4.78, 5) is 22.7. The predicted octanol–water partition coefficient (Wildman–Crippen LogP) is 1.44. The normalized spacial score (nSPS) is 11.5. The van der Waals surface area contributed by atoms with Gasteiger partial charge in [0.05, 0.1) is 20.1 Å². The highest BCUT2D eigenvalue weighted by molar-refractivity contribution is 5.84. The van der Waals surface area contributed by atoms with E-state index in [-0.39, 0.29) is 18.9 Å². The first kappa shape index (κ1) is 15.0. The Kier molecular flexibility index (Phi) is 5.85. The first-order valence-corrected chi connectivity index (χ1v) is 6.10. The second kappa shape index (κ2) is 7.41. The van der Waals surface area contributed by atoms with E-state index in [0.717, 1.165) is 11.3 Å². The summed E-state index contributed by atoms with van der Waals surface area (Å²) in [6.07, 6.45) is 0.190. The highest BCUT2D eigenvalue weighted by Gasteiger charge is 2.15. The van der Waals surface area contributed by atoms with Gasteiger partial charge in [-0.1, -0.05) is 18.2 Å². The first-order valence-electron chi connectivity index (χ1n) is 6.10. The number of ether oxygens (including phenoxy) is 2. The molecule has 5 nitrogen and oxygen atoms in total. The van der Waals surface area contributed by atoms with Gasteiger partial charge < -0.3 is 14.8 Å². The van der Waals surface area contributed by atoms with Crippen molar-refractivity contribution in [1.29, 1.82) is 0 Å². The molecule has 19 heavy (non-hydrogen) atoms. The minimum absolute atomic E-state index is 0.190. The van der Waals surface area contributed by atoms with Crippen LogP contribution in [0.15, 0.2) is 24.3 Å². The van der Waals surface area contributed by atoms with Gasteiger partial charge in [-0.3, -0.25) is 4.79 Å². The number of carbonyl (C=O) groups is 2. The topological polar surface area (TPSA) is 64.6 Å². The summed E-state index contributed by atoms with van der Waals surface area (Å²) < 4.78 is 10.0. The average Bonchev–Trinajstić information content (AvgIpc) is 2.40. The van der Waals surface area contributed by atoms with E-state index >= 15 is 0 Å². The lowest BCUT2D eigenvalue weighted by atomic mass is 10.2. The molecule has 0 fully saturated rings. The quantitative estimate of drug-likeness (QED) is 0.790. The maximum atomic E-state index is 11.6. The molecular weight excluding hydrogens is 246 g/mol. The van der Waals surface area contributed by atoms with Gasteiger partial charge in [-0.2, -0.15) is 0 Å². The van der Waals surface area contributed by atoms with Crippen LogP contribution in [0.5, 0.6) is 5.75 Å². The van der Waals surface area contributed by atoms with Crippen molar-refractivity contribution in [2.45, 2.75) is 26.3 Å². The molecule has 104 valence electrons. The van der Waals surface area contributed by atoms with Crippen molar-refractivity contribution in [2.75, 3.05) is 13.7 Å². The number of benzene rings is 1. The molecule has 1 aromatic rings. The maximum absolute atomic E-state index is 11.6. The molecule has 1 atom stereocenters. The number of esters is 1. The van der Waals surface area contributed by atoms with Crippen LogP contribution in [0.3, 0.4) is 0 Å². The second-order valence-corrected chi connectivity index (χ2v) is 4.18. The van der Waals surface area contributed by atoms with Crippen molar-refractivity contribution < 1.29 is 19.1 Å². The highest BCUT2D eigenvalue weighted by atomic mass is 16.5. The molecule has 1 amide bonds. The molecule has 0 aliphatic heterocycles. The molecule has 0 aliphatic rings. The molecule has 1 unspecified atom stereocenters. The van der Waals surface area contributed by atoms with Crippen molar-refractivity contribution in [3.05, 3.63) is 29.8 Å². The summed E-state index contributed by atoms with van der Waals surface area (Å²) in [5, 5.41) is 2.54. The van der Waals surface area contributed by atoms with Crippen molar-refractivity contribution >= 4 is 11.9 Å². The lowest BCUT2D eigenvalue weighted by Crippen LogP contribution is -2.39. The van der Waals surface area contributed by atoms with Crippen LogP contribution in [-0.2, 0) is 14.3 Å². The number of amides is 1. The highest BCUT2D eigenvalue weighted by Crippen LogP contribution is 2.16. The van der Waals surface area contributed by atoms with E-state index in [1.54, 1.807) is 6.92 Å². The third-order valence-corrected chi connectivity index (χ3v) is 2.61. The number of hydrogen-bond donors (Lipinski definition) is 1.